The van der Waals surface area contributed by atoms with Crippen LogP contribution in [0.15, 0.2) is 71.3 Å². The number of benzene rings is 2. The summed E-state index contributed by atoms with van der Waals surface area (Å²) in [6, 6.07) is 17.5. The van der Waals surface area contributed by atoms with Gasteiger partial charge in [-0.2, -0.15) is 5.10 Å². The molecule has 1 N–H and O–H groups in total. The highest BCUT2D eigenvalue weighted by Gasteiger charge is 2.21. The number of aromatic nitrogens is 2. The van der Waals surface area contributed by atoms with Crippen LogP contribution in [0, 0.1) is 0 Å². The largest absolute Gasteiger partial charge is 0.496 e. The highest BCUT2D eigenvalue weighted by molar-refractivity contribution is 5.91. The van der Waals surface area contributed by atoms with Gasteiger partial charge in [0.25, 0.3) is 5.91 Å². The lowest BCUT2D eigenvalue weighted by molar-refractivity contribution is -0.124. The molecule has 0 fully saturated rings. The lowest BCUT2D eigenvalue weighted by Crippen LogP contribution is -2.29. The Kier molecular flexibility index (Phi) is 7.54. The van der Waals surface area contributed by atoms with Crippen molar-refractivity contribution < 1.29 is 33.0 Å². The average Bonchev–Trinajstić information content (AvgIpc) is 3.61. The van der Waals surface area contributed by atoms with Gasteiger partial charge in [-0.05, 0) is 30.3 Å². The molecule has 0 atom stereocenters. The Labute approximate surface area is 207 Å². The van der Waals surface area contributed by atoms with Crippen molar-refractivity contribution in [2.24, 2.45) is 0 Å². The predicted octanol–water partition coefficient (Wildman–Crippen LogP) is 3.63. The molecule has 4 aromatic rings. The minimum absolute atomic E-state index is 0.129. The van der Waals surface area contributed by atoms with E-state index in [0.717, 1.165) is 0 Å². The fourth-order valence-electron chi connectivity index (χ4n) is 3.52. The zero-order valence-electron chi connectivity index (χ0n) is 20.0. The molecule has 0 aliphatic carbocycles. The van der Waals surface area contributed by atoms with E-state index in [1.165, 1.54) is 32.3 Å². The first-order valence-corrected chi connectivity index (χ1v) is 11.0. The van der Waals surface area contributed by atoms with Gasteiger partial charge in [0.15, 0.2) is 29.6 Å². The standard InChI is InChI=1S/C26H25N3O7/c1-32-22-14-24(34-3)23(33-2)12-17(22)15-27-25(30)16-36-26(31)20-13-19(21-10-7-11-35-21)28-29(20)18-8-5-4-6-9-18/h4-14H,15-16H2,1-3H3,(H,27,30). The molecule has 0 unspecified atom stereocenters. The number of hydrogen-bond donors (Lipinski definition) is 1. The number of ether oxygens (including phenoxy) is 4. The monoisotopic (exact) mass is 491 g/mol. The van der Waals surface area contributed by atoms with E-state index < -0.39 is 18.5 Å². The van der Waals surface area contributed by atoms with Crippen molar-refractivity contribution in [2.75, 3.05) is 27.9 Å². The van der Waals surface area contributed by atoms with Crippen molar-refractivity contribution in [3.05, 3.63) is 78.2 Å². The number of rotatable bonds is 10. The Morgan fingerprint density at radius 2 is 1.64 bits per heavy atom. The van der Waals surface area contributed by atoms with Crippen LogP contribution in [0.5, 0.6) is 17.2 Å². The Morgan fingerprint density at radius 1 is 0.917 bits per heavy atom. The summed E-state index contributed by atoms with van der Waals surface area (Å²) in [5.74, 6) is 0.820. The summed E-state index contributed by atoms with van der Waals surface area (Å²) in [5.41, 5.74) is 1.94. The summed E-state index contributed by atoms with van der Waals surface area (Å²) in [5, 5.41) is 7.20. The van der Waals surface area contributed by atoms with E-state index in [2.05, 4.69) is 10.4 Å². The van der Waals surface area contributed by atoms with Gasteiger partial charge in [0.1, 0.15) is 11.4 Å². The van der Waals surface area contributed by atoms with Gasteiger partial charge in [0, 0.05) is 24.2 Å². The van der Waals surface area contributed by atoms with Crippen LogP contribution in [0.25, 0.3) is 17.1 Å². The zero-order chi connectivity index (χ0) is 25.5. The maximum absolute atomic E-state index is 12.9. The minimum Gasteiger partial charge on any atom is -0.496 e. The number of esters is 1. The Balaban J connectivity index is 1.44. The minimum atomic E-state index is -0.706. The van der Waals surface area contributed by atoms with Crippen molar-refractivity contribution in [2.45, 2.75) is 6.54 Å². The van der Waals surface area contributed by atoms with Gasteiger partial charge in [-0.1, -0.05) is 18.2 Å². The molecule has 4 rings (SSSR count). The van der Waals surface area contributed by atoms with Crippen LogP contribution >= 0.6 is 0 Å². The quantitative estimate of drug-likeness (QED) is 0.335. The second-order valence-electron chi connectivity index (χ2n) is 7.51. The second kappa shape index (κ2) is 11.1. The number of hydrogen-bond acceptors (Lipinski definition) is 8. The van der Waals surface area contributed by atoms with Gasteiger partial charge < -0.3 is 28.7 Å². The van der Waals surface area contributed by atoms with E-state index in [0.29, 0.717) is 40.0 Å². The Bertz CT molecular complexity index is 1330. The number of nitrogens with zero attached hydrogens (tertiary/aromatic N) is 2. The van der Waals surface area contributed by atoms with Gasteiger partial charge in [-0.25, -0.2) is 9.48 Å². The normalized spacial score (nSPS) is 10.5. The maximum Gasteiger partial charge on any atom is 0.357 e. The van der Waals surface area contributed by atoms with E-state index in [1.54, 1.807) is 42.5 Å². The van der Waals surface area contributed by atoms with Gasteiger partial charge in [0.05, 0.1) is 33.3 Å². The number of methoxy groups -OCH3 is 3. The highest BCUT2D eigenvalue weighted by Crippen LogP contribution is 2.34. The summed E-state index contributed by atoms with van der Waals surface area (Å²) in [6.45, 7) is -0.352. The number of para-hydroxylation sites is 1. The van der Waals surface area contributed by atoms with Crippen LogP contribution in [-0.2, 0) is 16.1 Å². The molecule has 36 heavy (non-hydrogen) atoms. The third-order valence-corrected chi connectivity index (χ3v) is 5.29. The first kappa shape index (κ1) is 24.4. The lowest BCUT2D eigenvalue weighted by atomic mass is 10.1. The molecule has 0 spiro atoms. The van der Waals surface area contributed by atoms with Gasteiger partial charge in [-0.15, -0.1) is 0 Å². The summed E-state index contributed by atoms with van der Waals surface area (Å²) < 4.78 is 28.1. The molecule has 2 aromatic carbocycles. The molecule has 0 saturated heterocycles. The smallest absolute Gasteiger partial charge is 0.357 e. The molecule has 0 bridgehead atoms. The van der Waals surface area contributed by atoms with Crippen LogP contribution in [0.2, 0.25) is 0 Å². The molecule has 2 heterocycles. The summed E-state index contributed by atoms with van der Waals surface area (Å²) in [6.07, 6.45) is 1.52. The van der Waals surface area contributed by atoms with Gasteiger partial charge in [-0.3, -0.25) is 4.79 Å². The van der Waals surface area contributed by atoms with E-state index in [-0.39, 0.29) is 12.2 Å². The number of amides is 1. The summed E-state index contributed by atoms with van der Waals surface area (Å²) in [7, 11) is 4.55. The number of carbonyl (C=O) groups excluding carboxylic acids is 2. The molecule has 186 valence electrons. The topological polar surface area (TPSA) is 114 Å². The van der Waals surface area contributed by atoms with Crippen LogP contribution < -0.4 is 19.5 Å². The van der Waals surface area contributed by atoms with E-state index in [9.17, 15) is 9.59 Å². The SMILES string of the molecule is COc1cc(OC)c(OC)cc1CNC(=O)COC(=O)c1cc(-c2ccco2)nn1-c1ccccc1. The summed E-state index contributed by atoms with van der Waals surface area (Å²) in [4.78, 5) is 25.4. The van der Waals surface area contributed by atoms with Crippen molar-refractivity contribution in [3.8, 4) is 34.4 Å². The second-order valence-corrected chi connectivity index (χ2v) is 7.51. The molecular formula is C26H25N3O7. The molecule has 0 aliphatic heterocycles. The van der Waals surface area contributed by atoms with Crippen molar-refractivity contribution in [3.63, 3.8) is 0 Å². The molecular weight excluding hydrogens is 466 g/mol. The number of carbonyl (C=O) groups is 2. The van der Waals surface area contributed by atoms with E-state index in [4.69, 9.17) is 23.4 Å². The fraction of sp³-hybridized carbons (Fsp3) is 0.192. The first-order chi connectivity index (χ1) is 17.5. The van der Waals surface area contributed by atoms with Crippen molar-refractivity contribution in [1.29, 1.82) is 0 Å². The van der Waals surface area contributed by atoms with Gasteiger partial charge in [0.2, 0.25) is 0 Å². The number of nitrogens with one attached hydrogen (secondary N) is 1. The van der Waals surface area contributed by atoms with E-state index >= 15 is 0 Å². The van der Waals surface area contributed by atoms with Crippen molar-refractivity contribution >= 4 is 11.9 Å². The highest BCUT2D eigenvalue weighted by atomic mass is 16.5. The first-order valence-electron chi connectivity index (χ1n) is 11.0. The Hall–Kier alpha value is -4.73. The van der Waals surface area contributed by atoms with E-state index in [1.807, 2.05) is 18.2 Å². The van der Waals surface area contributed by atoms with Crippen LogP contribution in [-0.4, -0.2) is 49.6 Å². The molecule has 0 saturated carbocycles. The van der Waals surface area contributed by atoms with Crippen LogP contribution in [0.4, 0.5) is 0 Å². The molecule has 1 amide bonds. The zero-order valence-corrected chi connectivity index (χ0v) is 20.0. The molecule has 10 nitrogen and oxygen atoms in total. The van der Waals surface area contributed by atoms with Crippen LogP contribution in [0.1, 0.15) is 16.1 Å². The molecule has 2 aromatic heterocycles. The number of furan rings is 1. The predicted molar refractivity (Wildman–Crippen MR) is 129 cm³/mol. The third kappa shape index (κ3) is 5.33. The third-order valence-electron chi connectivity index (χ3n) is 5.29. The van der Waals surface area contributed by atoms with Crippen LogP contribution in [0.3, 0.4) is 0 Å². The average molecular weight is 492 g/mol. The summed E-state index contributed by atoms with van der Waals surface area (Å²) >= 11 is 0. The Morgan fingerprint density at radius 3 is 2.31 bits per heavy atom. The molecule has 0 aliphatic rings. The van der Waals surface area contributed by atoms with Gasteiger partial charge >= 0.3 is 5.97 Å². The molecule has 0 radical (unpaired) electrons. The maximum atomic E-state index is 12.9. The van der Waals surface area contributed by atoms with Crippen molar-refractivity contribution in [1.82, 2.24) is 15.1 Å². The fourth-order valence-corrected chi connectivity index (χ4v) is 3.52. The lowest BCUT2D eigenvalue weighted by Gasteiger charge is -2.14. The molecule has 10 heteroatoms.